The Bertz CT molecular complexity index is 544. The lowest BCUT2D eigenvalue weighted by atomic mass is 10.0. The van der Waals surface area contributed by atoms with Gasteiger partial charge in [0.05, 0.1) is 11.1 Å². The number of nitrogens with zero attached hydrogens (tertiary/aromatic N) is 3. The van der Waals surface area contributed by atoms with Gasteiger partial charge in [0.25, 0.3) is 0 Å². The third kappa shape index (κ3) is 3.37. The maximum absolute atomic E-state index is 12.6. The van der Waals surface area contributed by atoms with Crippen molar-refractivity contribution in [3.05, 3.63) is 23.4 Å². The number of carbonyl (C=O) groups excluding carboxylic acids is 1. The lowest BCUT2D eigenvalue weighted by Crippen LogP contribution is -2.47. The topological polar surface area (TPSA) is 36.4 Å². The predicted molar refractivity (Wildman–Crippen MR) is 89.1 cm³/mol. The Morgan fingerprint density at radius 2 is 2.18 bits per heavy atom. The zero-order valence-electron chi connectivity index (χ0n) is 13.3. The van der Waals surface area contributed by atoms with Crippen LogP contribution >= 0.6 is 11.6 Å². The van der Waals surface area contributed by atoms with E-state index in [4.69, 9.17) is 11.6 Å². The Balaban J connectivity index is 1.84. The van der Waals surface area contributed by atoms with Crippen LogP contribution in [-0.2, 0) is 4.79 Å². The second-order valence-corrected chi connectivity index (χ2v) is 7.21. The highest BCUT2D eigenvalue weighted by atomic mass is 35.5. The van der Waals surface area contributed by atoms with Crippen molar-refractivity contribution in [3.8, 4) is 0 Å². The quantitative estimate of drug-likeness (QED) is 0.854. The number of amides is 1. The fraction of sp³-hybridized carbons (Fsp3) is 0.647. The molecule has 2 fully saturated rings. The smallest absolute Gasteiger partial charge is 0.224 e. The van der Waals surface area contributed by atoms with Gasteiger partial charge in [0.15, 0.2) is 0 Å². The molecule has 1 amide bonds. The number of rotatable bonds is 4. The van der Waals surface area contributed by atoms with E-state index in [1.165, 1.54) is 12.8 Å². The van der Waals surface area contributed by atoms with Crippen LogP contribution in [0.25, 0.3) is 0 Å². The molecule has 0 radical (unpaired) electrons. The van der Waals surface area contributed by atoms with Crippen LogP contribution in [0.4, 0.5) is 5.82 Å². The zero-order valence-corrected chi connectivity index (χ0v) is 14.1. The number of carbonyl (C=O) groups is 1. The molecule has 120 valence electrons. The van der Waals surface area contributed by atoms with E-state index in [1.54, 1.807) is 6.20 Å². The Morgan fingerprint density at radius 3 is 2.82 bits per heavy atom. The molecule has 2 heterocycles. The highest BCUT2D eigenvalue weighted by Gasteiger charge is 2.36. The van der Waals surface area contributed by atoms with Crippen LogP contribution in [0.15, 0.2) is 18.3 Å². The van der Waals surface area contributed by atoms with Gasteiger partial charge in [-0.15, -0.1) is 0 Å². The fourth-order valence-corrected chi connectivity index (χ4v) is 3.40. The molecule has 1 saturated carbocycles. The van der Waals surface area contributed by atoms with Gasteiger partial charge in [-0.3, -0.25) is 4.79 Å². The molecule has 4 nitrogen and oxygen atoms in total. The number of hydrogen-bond donors (Lipinski definition) is 0. The van der Waals surface area contributed by atoms with Crippen molar-refractivity contribution >= 4 is 23.3 Å². The molecule has 1 aromatic rings. The van der Waals surface area contributed by atoms with Gasteiger partial charge in [-0.1, -0.05) is 25.4 Å². The molecule has 1 aliphatic heterocycles. The third-order valence-electron chi connectivity index (χ3n) is 4.68. The minimum atomic E-state index is 0.230. The van der Waals surface area contributed by atoms with E-state index in [0.717, 1.165) is 24.8 Å². The summed E-state index contributed by atoms with van der Waals surface area (Å²) >= 11 is 6.30. The highest BCUT2D eigenvalue weighted by Crippen LogP contribution is 2.33. The molecule has 0 unspecified atom stereocenters. The Labute approximate surface area is 137 Å². The van der Waals surface area contributed by atoms with E-state index in [2.05, 4.69) is 28.6 Å². The number of halogens is 1. The van der Waals surface area contributed by atoms with Gasteiger partial charge in [0.1, 0.15) is 5.82 Å². The molecule has 5 heteroatoms. The summed E-state index contributed by atoms with van der Waals surface area (Å²) < 4.78 is 0. The number of pyridine rings is 1. The second kappa shape index (κ2) is 6.45. The summed E-state index contributed by atoms with van der Waals surface area (Å²) in [5.41, 5.74) is 0. The van der Waals surface area contributed by atoms with Gasteiger partial charge in [-0.25, -0.2) is 4.98 Å². The van der Waals surface area contributed by atoms with Crippen LogP contribution in [0.2, 0.25) is 5.02 Å². The van der Waals surface area contributed by atoms with E-state index in [-0.39, 0.29) is 11.9 Å². The first-order chi connectivity index (χ1) is 10.6. The third-order valence-corrected chi connectivity index (χ3v) is 4.98. The van der Waals surface area contributed by atoms with Crippen molar-refractivity contribution in [3.63, 3.8) is 0 Å². The number of hydrogen-bond acceptors (Lipinski definition) is 3. The van der Waals surface area contributed by atoms with E-state index in [0.29, 0.717) is 23.9 Å². The molecule has 0 bridgehead atoms. The SMILES string of the molecule is CC(C)[C@@H]1CN(c2ncccc2Cl)CCC(=O)N1CC1CC1. The van der Waals surface area contributed by atoms with Crippen LogP contribution in [0.5, 0.6) is 0 Å². The molecule has 1 aliphatic carbocycles. The van der Waals surface area contributed by atoms with Gasteiger partial charge >= 0.3 is 0 Å². The standard InChI is InChI=1S/C17H24ClN3O/c1-12(2)15-11-20(17-14(18)4-3-8-19-17)9-7-16(22)21(15)10-13-5-6-13/h3-4,8,12-13,15H,5-7,9-11H2,1-2H3/t15-/m0/s1. The molecule has 0 aromatic carbocycles. The van der Waals surface area contributed by atoms with Gasteiger partial charge in [-0.05, 0) is 36.8 Å². The first kappa shape index (κ1) is 15.6. The summed E-state index contributed by atoms with van der Waals surface area (Å²) in [5, 5.41) is 0.660. The van der Waals surface area contributed by atoms with Gasteiger partial charge in [0, 0.05) is 32.3 Å². The first-order valence-electron chi connectivity index (χ1n) is 8.21. The summed E-state index contributed by atoms with van der Waals surface area (Å²) in [4.78, 5) is 21.3. The Hall–Kier alpha value is -1.29. The van der Waals surface area contributed by atoms with Gasteiger partial charge in [0.2, 0.25) is 5.91 Å². The normalized spacial score (nSPS) is 23.1. The zero-order chi connectivity index (χ0) is 15.7. The summed E-state index contributed by atoms with van der Waals surface area (Å²) in [6.45, 7) is 6.82. The minimum Gasteiger partial charge on any atom is -0.353 e. The molecular weight excluding hydrogens is 298 g/mol. The van der Waals surface area contributed by atoms with Crippen molar-refractivity contribution in [2.75, 3.05) is 24.5 Å². The molecule has 1 aromatic heterocycles. The maximum Gasteiger partial charge on any atom is 0.224 e. The molecule has 3 rings (SSSR count). The second-order valence-electron chi connectivity index (χ2n) is 6.81. The van der Waals surface area contributed by atoms with Crippen molar-refractivity contribution in [2.45, 2.75) is 39.2 Å². The minimum absolute atomic E-state index is 0.230. The van der Waals surface area contributed by atoms with Crippen molar-refractivity contribution in [1.29, 1.82) is 0 Å². The Kier molecular flexibility index (Phi) is 4.57. The molecule has 0 spiro atoms. The van der Waals surface area contributed by atoms with Crippen LogP contribution in [0.1, 0.15) is 33.1 Å². The fourth-order valence-electron chi connectivity index (χ4n) is 3.16. The van der Waals surface area contributed by atoms with Crippen LogP contribution in [-0.4, -0.2) is 41.5 Å². The number of aromatic nitrogens is 1. The predicted octanol–water partition coefficient (Wildman–Crippen LogP) is 3.21. The van der Waals surface area contributed by atoms with Crippen molar-refractivity contribution < 1.29 is 4.79 Å². The largest absolute Gasteiger partial charge is 0.353 e. The molecular formula is C17H24ClN3O. The molecule has 1 saturated heterocycles. The van der Waals surface area contributed by atoms with E-state index >= 15 is 0 Å². The summed E-state index contributed by atoms with van der Waals surface area (Å²) in [7, 11) is 0. The number of anilines is 1. The van der Waals surface area contributed by atoms with Gasteiger partial charge < -0.3 is 9.80 Å². The molecule has 2 aliphatic rings. The van der Waals surface area contributed by atoms with E-state index in [1.807, 2.05) is 12.1 Å². The van der Waals surface area contributed by atoms with Crippen LogP contribution in [0, 0.1) is 11.8 Å². The van der Waals surface area contributed by atoms with Crippen molar-refractivity contribution in [1.82, 2.24) is 9.88 Å². The highest BCUT2D eigenvalue weighted by molar-refractivity contribution is 6.32. The lowest BCUT2D eigenvalue weighted by molar-refractivity contribution is -0.133. The molecule has 1 atom stereocenters. The first-order valence-corrected chi connectivity index (χ1v) is 8.59. The summed E-state index contributed by atoms with van der Waals surface area (Å²) in [6, 6.07) is 3.94. The van der Waals surface area contributed by atoms with Crippen molar-refractivity contribution in [2.24, 2.45) is 11.8 Å². The monoisotopic (exact) mass is 321 g/mol. The average molecular weight is 322 g/mol. The maximum atomic E-state index is 12.6. The van der Waals surface area contributed by atoms with Gasteiger partial charge in [-0.2, -0.15) is 0 Å². The lowest BCUT2D eigenvalue weighted by Gasteiger charge is -2.35. The average Bonchev–Trinajstić information content (AvgIpc) is 3.30. The molecule has 22 heavy (non-hydrogen) atoms. The van der Waals surface area contributed by atoms with Crippen LogP contribution < -0.4 is 4.90 Å². The summed E-state index contributed by atoms with van der Waals surface area (Å²) in [5.74, 6) is 2.22. The summed E-state index contributed by atoms with van der Waals surface area (Å²) in [6.07, 6.45) is 4.85. The van der Waals surface area contributed by atoms with Crippen LogP contribution in [0.3, 0.4) is 0 Å². The molecule has 0 N–H and O–H groups in total. The Morgan fingerprint density at radius 1 is 1.41 bits per heavy atom. The van der Waals surface area contributed by atoms with E-state index in [9.17, 15) is 4.79 Å². The van der Waals surface area contributed by atoms with E-state index < -0.39 is 0 Å².